The lowest BCUT2D eigenvalue weighted by Crippen LogP contribution is -2.41. The third-order valence-corrected chi connectivity index (χ3v) is 6.24. The van der Waals surface area contributed by atoms with Gasteiger partial charge in [-0.15, -0.1) is 0 Å². The molecule has 0 aromatic heterocycles. The van der Waals surface area contributed by atoms with Gasteiger partial charge in [0.05, 0.1) is 6.10 Å². The number of methoxy groups -OCH3 is 1. The lowest BCUT2D eigenvalue weighted by molar-refractivity contribution is -0.0147. The van der Waals surface area contributed by atoms with E-state index in [4.69, 9.17) is 4.74 Å². The smallest absolute Gasteiger partial charge is 0.0642 e. The Bertz CT molecular complexity index is 214. The van der Waals surface area contributed by atoms with E-state index in [-0.39, 0.29) is 0 Å². The van der Waals surface area contributed by atoms with Crippen LogP contribution in [0.2, 0.25) is 0 Å². The highest BCUT2D eigenvalue weighted by Gasteiger charge is 2.63. The first kappa shape index (κ1) is 10.2. The number of hydrogen-bond donors (Lipinski definition) is 0. The van der Waals surface area contributed by atoms with Gasteiger partial charge in [0.1, 0.15) is 0 Å². The molecule has 0 spiro atoms. The molecule has 0 aromatic carbocycles. The van der Waals surface area contributed by atoms with Crippen LogP contribution in [0.15, 0.2) is 0 Å². The molecule has 2 aliphatic rings. The largest absolute Gasteiger partial charge is 0.381 e. The van der Waals surface area contributed by atoms with Crippen molar-refractivity contribution < 1.29 is 4.74 Å². The van der Waals surface area contributed by atoms with E-state index in [1.165, 1.54) is 23.7 Å². The zero-order valence-corrected chi connectivity index (χ0v) is 10.9. The fourth-order valence-electron chi connectivity index (χ4n) is 3.64. The highest BCUT2D eigenvalue weighted by Crippen LogP contribution is 2.66. The van der Waals surface area contributed by atoms with Crippen molar-refractivity contribution in [3.05, 3.63) is 0 Å². The van der Waals surface area contributed by atoms with Gasteiger partial charge in [-0.25, -0.2) is 0 Å². The van der Waals surface area contributed by atoms with Crippen molar-refractivity contribution in [3.8, 4) is 0 Å². The van der Waals surface area contributed by atoms with Crippen molar-refractivity contribution in [2.24, 2.45) is 16.7 Å². The predicted octanol–water partition coefficient (Wildman–Crippen LogP) is 3.26. The minimum Gasteiger partial charge on any atom is -0.381 e. The van der Waals surface area contributed by atoms with Crippen LogP contribution in [-0.2, 0) is 4.74 Å². The fraction of sp³-hybridized carbons (Fsp3) is 1.00. The molecule has 3 atom stereocenters. The summed E-state index contributed by atoms with van der Waals surface area (Å²) in [6.07, 6.45) is 4.63. The van der Waals surface area contributed by atoms with E-state index in [0.29, 0.717) is 16.9 Å². The molecule has 76 valence electrons. The molecule has 2 bridgehead atoms. The van der Waals surface area contributed by atoms with Crippen molar-refractivity contribution in [1.82, 2.24) is 0 Å². The molecular formula is C11H19IO. The van der Waals surface area contributed by atoms with Gasteiger partial charge < -0.3 is 4.74 Å². The summed E-state index contributed by atoms with van der Waals surface area (Å²) in [7, 11) is 1.88. The average molecular weight is 294 g/mol. The summed E-state index contributed by atoms with van der Waals surface area (Å²) in [6.45, 7) is 4.89. The van der Waals surface area contributed by atoms with E-state index in [1.54, 1.807) is 0 Å². The van der Waals surface area contributed by atoms with Crippen molar-refractivity contribution in [2.45, 2.75) is 39.2 Å². The molecule has 0 amide bonds. The third-order valence-electron chi connectivity index (χ3n) is 4.88. The van der Waals surface area contributed by atoms with Gasteiger partial charge in [0.25, 0.3) is 0 Å². The number of halogens is 1. The van der Waals surface area contributed by atoms with E-state index in [9.17, 15) is 0 Å². The van der Waals surface area contributed by atoms with E-state index in [0.717, 1.165) is 5.92 Å². The summed E-state index contributed by atoms with van der Waals surface area (Å²) in [6, 6.07) is 0. The van der Waals surface area contributed by atoms with E-state index < -0.39 is 0 Å². The minimum absolute atomic E-state index is 0.479. The van der Waals surface area contributed by atoms with E-state index >= 15 is 0 Å². The maximum absolute atomic E-state index is 5.67. The number of alkyl halides is 1. The molecule has 1 nitrogen and oxygen atoms in total. The quantitative estimate of drug-likeness (QED) is 0.561. The van der Waals surface area contributed by atoms with Gasteiger partial charge in [-0.1, -0.05) is 36.4 Å². The zero-order valence-electron chi connectivity index (χ0n) is 8.77. The minimum atomic E-state index is 0.479. The molecule has 0 N–H and O–H groups in total. The molecule has 2 fully saturated rings. The molecule has 0 aromatic rings. The topological polar surface area (TPSA) is 9.23 Å². The van der Waals surface area contributed by atoms with Crippen molar-refractivity contribution in [3.63, 3.8) is 0 Å². The highest BCUT2D eigenvalue weighted by molar-refractivity contribution is 14.1. The van der Waals surface area contributed by atoms with Crippen LogP contribution >= 0.6 is 22.6 Å². The van der Waals surface area contributed by atoms with Gasteiger partial charge >= 0.3 is 0 Å². The van der Waals surface area contributed by atoms with Crippen LogP contribution in [0.1, 0.15) is 33.1 Å². The Balaban J connectivity index is 2.35. The molecule has 0 saturated heterocycles. The van der Waals surface area contributed by atoms with Crippen molar-refractivity contribution in [1.29, 1.82) is 0 Å². The molecule has 3 unspecified atom stereocenters. The predicted molar refractivity (Wildman–Crippen MR) is 63.2 cm³/mol. The Hall–Kier alpha value is 0.690. The van der Waals surface area contributed by atoms with Gasteiger partial charge in [0, 0.05) is 17.0 Å². The van der Waals surface area contributed by atoms with Crippen molar-refractivity contribution in [2.75, 3.05) is 11.5 Å². The van der Waals surface area contributed by atoms with Crippen LogP contribution in [0.5, 0.6) is 0 Å². The normalized spacial score (nSPS) is 47.1. The Labute approximate surface area is 94.8 Å². The van der Waals surface area contributed by atoms with Crippen LogP contribution in [0.4, 0.5) is 0 Å². The molecule has 2 heteroatoms. The molecule has 0 aliphatic heterocycles. The summed E-state index contributed by atoms with van der Waals surface area (Å²) < 4.78 is 6.93. The molecule has 2 saturated carbocycles. The second-order valence-corrected chi connectivity index (χ2v) is 5.97. The summed E-state index contributed by atoms with van der Waals surface area (Å²) in [5, 5.41) is 0. The maximum Gasteiger partial charge on any atom is 0.0642 e. The second kappa shape index (κ2) is 3.09. The molecular weight excluding hydrogens is 275 g/mol. The lowest BCUT2D eigenvalue weighted by atomic mass is 9.70. The Kier molecular flexibility index (Phi) is 2.43. The first-order valence-electron chi connectivity index (χ1n) is 5.17. The van der Waals surface area contributed by atoms with Gasteiger partial charge in [-0.05, 0) is 30.6 Å². The van der Waals surface area contributed by atoms with Crippen LogP contribution in [0.3, 0.4) is 0 Å². The Morgan fingerprint density at radius 3 is 2.54 bits per heavy atom. The van der Waals surface area contributed by atoms with Gasteiger partial charge in [0.15, 0.2) is 0 Å². The molecule has 2 rings (SSSR count). The molecule has 0 radical (unpaired) electrons. The zero-order chi connectivity index (χ0) is 9.69. The molecule has 0 heterocycles. The third kappa shape index (κ3) is 1.08. The second-order valence-electron chi connectivity index (χ2n) is 5.21. The Morgan fingerprint density at radius 1 is 1.46 bits per heavy atom. The SMILES string of the molecule is COC1CC2CCC1(CI)C2(C)C. The van der Waals surface area contributed by atoms with Crippen molar-refractivity contribution >= 4 is 22.6 Å². The monoisotopic (exact) mass is 294 g/mol. The van der Waals surface area contributed by atoms with Crippen LogP contribution < -0.4 is 0 Å². The van der Waals surface area contributed by atoms with Crippen LogP contribution in [-0.4, -0.2) is 17.6 Å². The molecule has 13 heavy (non-hydrogen) atoms. The molecule has 2 aliphatic carbocycles. The average Bonchev–Trinajstić information content (AvgIpc) is 2.50. The maximum atomic E-state index is 5.67. The summed E-state index contributed by atoms with van der Waals surface area (Å²) >= 11 is 2.55. The number of fused-ring (bicyclic) bond motifs is 2. The lowest BCUT2D eigenvalue weighted by Gasteiger charge is -2.40. The number of ether oxygens (including phenoxy) is 1. The first-order chi connectivity index (χ1) is 6.08. The van der Waals surface area contributed by atoms with Gasteiger partial charge in [0.2, 0.25) is 0 Å². The standard InChI is InChI=1S/C11H19IO/c1-10(2)8-4-5-11(10,7-12)9(6-8)13-3/h8-9H,4-7H2,1-3H3. The number of hydrogen-bond acceptors (Lipinski definition) is 1. The number of rotatable bonds is 2. The van der Waals surface area contributed by atoms with E-state index in [2.05, 4.69) is 36.4 Å². The Morgan fingerprint density at radius 2 is 2.15 bits per heavy atom. The van der Waals surface area contributed by atoms with Crippen LogP contribution in [0, 0.1) is 16.7 Å². The van der Waals surface area contributed by atoms with Gasteiger partial charge in [-0.2, -0.15) is 0 Å². The van der Waals surface area contributed by atoms with E-state index in [1.807, 2.05) is 7.11 Å². The highest BCUT2D eigenvalue weighted by atomic mass is 127. The summed E-state index contributed by atoms with van der Waals surface area (Å²) in [4.78, 5) is 0. The van der Waals surface area contributed by atoms with Gasteiger partial charge in [-0.3, -0.25) is 0 Å². The summed E-state index contributed by atoms with van der Waals surface area (Å²) in [5.41, 5.74) is 0.988. The van der Waals surface area contributed by atoms with Crippen LogP contribution in [0.25, 0.3) is 0 Å². The summed E-state index contributed by atoms with van der Waals surface area (Å²) in [5.74, 6) is 0.909. The first-order valence-corrected chi connectivity index (χ1v) is 6.70. The fourth-order valence-corrected chi connectivity index (χ4v) is 5.50.